The third kappa shape index (κ3) is 1.58. The molecule has 0 aliphatic heterocycles. The van der Waals surface area contributed by atoms with Crippen LogP contribution in [0.15, 0.2) is 28.4 Å². The van der Waals surface area contributed by atoms with Crippen LogP contribution >= 0.6 is 0 Å². The number of ketones is 1. The normalized spacial score (nSPS) is 21.0. The number of aliphatic hydroxyl groups excluding tert-OH is 1. The van der Waals surface area contributed by atoms with E-state index in [0.717, 1.165) is 12.8 Å². The van der Waals surface area contributed by atoms with Crippen molar-refractivity contribution in [3.8, 4) is 0 Å². The van der Waals surface area contributed by atoms with Crippen molar-refractivity contribution in [3.63, 3.8) is 0 Å². The number of aliphatic hydroxyl groups is 1. The van der Waals surface area contributed by atoms with Gasteiger partial charge in [-0.2, -0.15) is 0 Å². The maximum Gasteiger partial charge on any atom is 0.168 e. The molecule has 1 aromatic heterocycles. The summed E-state index contributed by atoms with van der Waals surface area (Å²) in [5.74, 6) is 0.445. The number of hydrogen-bond acceptors (Lipinski definition) is 3. The van der Waals surface area contributed by atoms with Gasteiger partial charge in [0.25, 0.3) is 0 Å². The van der Waals surface area contributed by atoms with E-state index >= 15 is 0 Å². The van der Waals surface area contributed by atoms with Gasteiger partial charge in [0.1, 0.15) is 0 Å². The van der Waals surface area contributed by atoms with Gasteiger partial charge in [-0.25, -0.2) is 0 Å². The van der Waals surface area contributed by atoms with Crippen LogP contribution in [0.4, 0.5) is 0 Å². The molecule has 0 saturated heterocycles. The summed E-state index contributed by atoms with van der Waals surface area (Å²) in [5, 5.41) is 9.77. The fourth-order valence-electron chi connectivity index (χ4n) is 1.69. The maximum atomic E-state index is 11.5. The number of carbonyl (C=O) groups is 1. The van der Waals surface area contributed by atoms with E-state index in [1.807, 2.05) is 0 Å². The van der Waals surface area contributed by atoms with Gasteiger partial charge in [0, 0.05) is 12.0 Å². The summed E-state index contributed by atoms with van der Waals surface area (Å²) in [7, 11) is 0. The lowest BCUT2D eigenvalue weighted by molar-refractivity contribution is -0.116. The summed E-state index contributed by atoms with van der Waals surface area (Å²) in [6, 6.07) is 3.35. The van der Waals surface area contributed by atoms with E-state index in [1.165, 1.54) is 6.26 Å². The zero-order valence-corrected chi connectivity index (χ0v) is 7.82. The zero-order valence-electron chi connectivity index (χ0n) is 7.82. The quantitative estimate of drug-likeness (QED) is 0.549. The minimum atomic E-state index is 0.0136. The molecular formula is C11H12O3. The molecule has 3 heteroatoms. The Balaban J connectivity index is 2.33. The molecule has 1 aromatic rings. The van der Waals surface area contributed by atoms with Gasteiger partial charge in [0.2, 0.25) is 0 Å². The topological polar surface area (TPSA) is 50.4 Å². The van der Waals surface area contributed by atoms with Gasteiger partial charge < -0.3 is 9.52 Å². The SMILES string of the molecule is O=C1CCCCC1=C(O)c1ccco1. The highest BCUT2D eigenvalue weighted by Crippen LogP contribution is 2.26. The van der Waals surface area contributed by atoms with Crippen molar-refractivity contribution in [3.05, 3.63) is 29.7 Å². The Hall–Kier alpha value is -1.51. The lowest BCUT2D eigenvalue weighted by atomic mass is 9.92. The highest BCUT2D eigenvalue weighted by molar-refractivity contribution is 6.01. The van der Waals surface area contributed by atoms with Crippen molar-refractivity contribution in [2.24, 2.45) is 0 Å². The van der Waals surface area contributed by atoms with Crippen molar-refractivity contribution in [2.75, 3.05) is 0 Å². The molecular weight excluding hydrogens is 180 g/mol. The second-order valence-corrected chi connectivity index (χ2v) is 3.43. The third-order valence-corrected chi connectivity index (χ3v) is 2.46. The van der Waals surface area contributed by atoms with Gasteiger partial charge in [-0.3, -0.25) is 4.79 Å². The summed E-state index contributed by atoms with van der Waals surface area (Å²) < 4.78 is 5.04. The molecule has 0 radical (unpaired) electrons. The summed E-state index contributed by atoms with van der Waals surface area (Å²) in [6.07, 6.45) is 4.57. The smallest absolute Gasteiger partial charge is 0.168 e. The molecule has 0 bridgehead atoms. The second-order valence-electron chi connectivity index (χ2n) is 3.43. The third-order valence-electron chi connectivity index (χ3n) is 2.46. The average Bonchev–Trinajstić information content (AvgIpc) is 2.70. The van der Waals surface area contributed by atoms with Crippen LogP contribution in [0.5, 0.6) is 0 Å². The van der Waals surface area contributed by atoms with E-state index < -0.39 is 0 Å². The Morgan fingerprint density at radius 2 is 2.14 bits per heavy atom. The number of hydrogen-bond donors (Lipinski definition) is 1. The van der Waals surface area contributed by atoms with E-state index in [2.05, 4.69) is 0 Å². The Labute approximate surface area is 82.0 Å². The van der Waals surface area contributed by atoms with Gasteiger partial charge in [-0.05, 0) is 31.4 Å². The van der Waals surface area contributed by atoms with Crippen LogP contribution in [0.3, 0.4) is 0 Å². The molecule has 74 valence electrons. The fraction of sp³-hybridized carbons (Fsp3) is 0.364. The lowest BCUT2D eigenvalue weighted by Gasteiger charge is -2.13. The van der Waals surface area contributed by atoms with E-state index in [4.69, 9.17) is 4.42 Å². The van der Waals surface area contributed by atoms with Gasteiger partial charge >= 0.3 is 0 Å². The molecule has 2 rings (SSSR count). The van der Waals surface area contributed by atoms with Gasteiger partial charge in [0.05, 0.1) is 6.26 Å². The van der Waals surface area contributed by atoms with Gasteiger partial charge in [-0.15, -0.1) is 0 Å². The Bertz CT molecular complexity index is 360. The number of rotatable bonds is 1. The zero-order chi connectivity index (χ0) is 9.97. The molecule has 1 saturated carbocycles. The number of Topliss-reactive ketones (excluding diaryl/α,β-unsaturated/α-hetero) is 1. The van der Waals surface area contributed by atoms with Crippen LogP contribution in [0.2, 0.25) is 0 Å². The van der Waals surface area contributed by atoms with Crippen LogP contribution in [0.25, 0.3) is 5.76 Å². The molecule has 1 heterocycles. The van der Waals surface area contributed by atoms with Crippen molar-refractivity contribution in [2.45, 2.75) is 25.7 Å². The van der Waals surface area contributed by atoms with Crippen molar-refractivity contribution >= 4 is 11.5 Å². The predicted octanol–water partition coefficient (Wildman–Crippen LogP) is 2.69. The van der Waals surface area contributed by atoms with Crippen LogP contribution in [-0.2, 0) is 4.79 Å². The van der Waals surface area contributed by atoms with E-state index in [9.17, 15) is 9.90 Å². The Morgan fingerprint density at radius 1 is 1.36 bits per heavy atom. The van der Waals surface area contributed by atoms with Gasteiger partial charge in [-0.1, -0.05) is 0 Å². The standard InChI is InChI=1S/C11H12O3/c12-9-5-2-1-4-8(9)11(13)10-6-3-7-14-10/h3,6-7,13H,1-2,4-5H2. The van der Waals surface area contributed by atoms with Crippen LogP contribution < -0.4 is 0 Å². The molecule has 0 atom stereocenters. The molecule has 3 nitrogen and oxygen atoms in total. The highest BCUT2D eigenvalue weighted by atomic mass is 16.4. The second kappa shape index (κ2) is 3.70. The monoisotopic (exact) mass is 192 g/mol. The fourth-order valence-corrected chi connectivity index (χ4v) is 1.69. The molecule has 0 amide bonds. The number of furan rings is 1. The maximum absolute atomic E-state index is 11.5. The van der Waals surface area contributed by atoms with Crippen LogP contribution in [0.1, 0.15) is 31.4 Å². The van der Waals surface area contributed by atoms with E-state index in [1.54, 1.807) is 12.1 Å². The molecule has 0 aromatic carbocycles. The van der Waals surface area contributed by atoms with Crippen molar-refractivity contribution in [1.82, 2.24) is 0 Å². The van der Waals surface area contributed by atoms with E-state index in [-0.39, 0.29) is 11.5 Å². The highest BCUT2D eigenvalue weighted by Gasteiger charge is 2.20. The van der Waals surface area contributed by atoms with Crippen LogP contribution in [-0.4, -0.2) is 10.9 Å². The number of carbonyl (C=O) groups excluding carboxylic acids is 1. The molecule has 1 N–H and O–H groups in total. The lowest BCUT2D eigenvalue weighted by Crippen LogP contribution is -2.10. The Kier molecular flexibility index (Phi) is 2.39. The molecule has 1 fully saturated rings. The first kappa shape index (κ1) is 9.06. The average molecular weight is 192 g/mol. The first-order valence-corrected chi connectivity index (χ1v) is 4.78. The first-order chi connectivity index (χ1) is 6.79. The minimum Gasteiger partial charge on any atom is -0.504 e. The summed E-state index contributed by atoms with van der Waals surface area (Å²) in [5.41, 5.74) is 0.520. The van der Waals surface area contributed by atoms with Crippen molar-refractivity contribution in [1.29, 1.82) is 0 Å². The summed E-state index contributed by atoms with van der Waals surface area (Å²) >= 11 is 0. The minimum absolute atomic E-state index is 0.0136. The molecule has 1 aliphatic carbocycles. The number of allylic oxidation sites excluding steroid dienone is 1. The molecule has 0 unspecified atom stereocenters. The summed E-state index contributed by atoms with van der Waals surface area (Å²) in [4.78, 5) is 11.5. The van der Waals surface area contributed by atoms with Gasteiger partial charge in [0.15, 0.2) is 17.3 Å². The molecule has 1 aliphatic rings. The van der Waals surface area contributed by atoms with E-state index in [0.29, 0.717) is 24.2 Å². The summed E-state index contributed by atoms with van der Waals surface area (Å²) in [6.45, 7) is 0. The largest absolute Gasteiger partial charge is 0.504 e. The Morgan fingerprint density at radius 3 is 2.79 bits per heavy atom. The first-order valence-electron chi connectivity index (χ1n) is 4.78. The van der Waals surface area contributed by atoms with Crippen LogP contribution in [0, 0.1) is 0 Å². The molecule has 0 spiro atoms. The molecule has 14 heavy (non-hydrogen) atoms. The predicted molar refractivity (Wildman–Crippen MR) is 51.7 cm³/mol. The van der Waals surface area contributed by atoms with Crippen molar-refractivity contribution < 1.29 is 14.3 Å².